The predicted octanol–water partition coefficient (Wildman–Crippen LogP) is 8.07. The molecule has 0 aliphatic rings. The van der Waals surface area contributed by atoms with Crippen LogP contribution in [0.1, 0.15) is 107 Å². The normalized spacial score (nSPS) is 10.7. The van der Waals surface area contributed by atoms with E-state index >= 15 is 0 Å². The van der Waals surface area contributed by atoms with E-state index in [2.05, 4.69) is 42.1 Å². The van der Waals surface area contributed by atoms with Crippen LogP contribution in [0.4, 0.5) is 0 Å². The third kappa shape index (κ3) is 11.7. The average molecular weight is 492 g/mol. The summed E-state index contributed by atoms with van der Waals surface area (Å²) in [6.45, 7) is 3.47. The lowest BCUT2D eigenvalue weighted by atomic mass is 10.0. The zero-order chi connectivity index (χ0) is 25.8. The van der Waals surface area contributed by atoms with E-state index in [1.54, 1.807) is 30.3 Å². The van der Waals surface area contributed by atoms with Gasteiger partial charge in [-0.05, 0) is 17.2 Å². The number of aryl methyl sites for hydroxylation is 1. The number of aromatic carboxylic acids is 1. The molecular weight excluding hydrogens is 446 g/mol. The smallest absolute Gasteiger partial charge is 0.335 e. The van der Waals surface area contributed by atoms with Crippen LogP contribution in [0.3, 0.4) is 0 Å². The summed E-state index contributed by atoms with van der Waals surface area (Å²) in [5.74, 6) is -1.62. The molecule has 0 radical (unpaired) electrons. The first-order chi connectivity index (χ1) is 17.6. The first kappa shape index (κ1) is 29.4. The minimum atomic E-state index is -1.17. The summed E-state index contributed by atoms with van der Waals surface area (Å²) < 4.78 is 2.29. The topological polar surface area (TPSA) is 64.2 Å². The van der Waals surface area contributed by atoms with Crippen LogP contribution in [0.15, 0.2) is 67.0 Å². The number of carbonyl (C=O) groups is 1. The second-order valence-electron chi connectivity index (χ2n) is 9.67. The van der Waals surface area contributed by atoms with E-state index in [-0.39, 0.29) is 5.56 Å². The van der Waals surface area contributed by atoms with E-state index in [4.69, 9.17) is 5.11 Å². The third-order valence-electron chi connectivity index (χ3n) is 6.65. The molecule has 4 heteroatoms. The number of unbranched alkanes of at least 4 members (excludes halogenated alkanes) is 13. The van der Waals surface area contributed by atoms with Crippen molar-refractivity contribution in [2.45, 2.75) is 103 Å². The molecular formula is C32H45NO3. The zero-order valence-corrected chi connectivity index (χ0v) is 22.2. The Labute approximate surface area is 218 Å². The van der Waals surface area contributed by atoms with Gasteiger partial charge >= 0.3 is 5.97 Å². The number of carboxylic acid groups (broad SMARTS) is 1. The number of hydrogen-bond acceptors (Lipinski definition) is 2. The van der Waals surface area contributed by atoms with Crippen LogP contribution in [-0.4, -0.2) is 11.1 Å². The summed E-state index contributed by atoms with van der Waals surface area (Å²) in [6.07, 6.45) is 24.4. The number of pyridine rings is 1. The highest BCUT2D eigenvalue weighted by molar-refractivity contribution is 6.05. The highest BCUT2D eigenvalue weighted by atomic mass is 16.4. The van der Waals surface area contributed by atoms with Gasteiger partial charge in [0.05, 0.1) is 5.56 Å². The van der Waals surface area contributed by atoms with E-state index in [9.17, 15) is 9.90 Å². The summed E-state index contributed by atoms with van der Waals surface area (Å²) >= 11 is 0. The van der Waals surface area contributed by atoms with Gasteiger partial charge in [-0.25, -0.2) is 9.36 Å². The van der Waals surface area contributed by atoms with E-state index < -0.39 is 11.7 Å². The molecule has 0 unspecified atom stereocenters. The number of hydrogen-bond donors (Lipinski definition) is 1. The molecule has 3 aromatic rings. The van der Waals surface area contributed by atoms with Crippen LogP contribution in [0.2, 0.25) is 0 Å². The zero-order valence-electron chi connectivity index (χ0n) is 22.2. The largest absolute Gasteiger partial charge is 0.872 e. The quantitative estimate of drug-likeness (QED) is 0.163. The maximum absolute atomic E-state index is 11.3. The van der Waals surface area contributed by atoms with Crippen LogP contribution in [-0.2, 0) is 6.54 Å². The fraction of sp³-hybridized carbons (Fsp3) is 0.500. The van der Waals surface area contributed by atoms with Crippen molar-refractivity contribution in [2.24, 2.45) is 0 Å². The molecule has 1 heterocycles. The number of carboxylic acids is 1. The van der Waals surface area contributed by atoms with Crippen molar-refractivity contribution in [1.82, 2.24) is 0 Å². The van der Waals surface area contributed by atoms with Gasteiger partial charge in [0.15, 0.2) is 12.4 Å². The lowest BCUT2D eigenvalue weighted by molar-refractivity contribution is -0.697. The van der Waals surface area contributed by atoms with Crippen molar-refractivity contribution >= 4 is 16.7 Å². The molecule has 0 atom stereocenters. The lowest BCUT2D eigenvalue weighted by Gasteiger charge is -2.12. The highest BCUT2D eigenvalue weighted by Gasteiger charge is 2.08. The van der Waals surface area contributed by atoms with Gasteiger partial charge in [0.2, 0.25) is 0 Å². The standard InChI is InChI=1S/C21H38N.C11H8O3/c1-2-3-4-5-6-7-8-9-10-11-12-13-14-16-19-22-20-17-15-18-21-22;12-9-6-5-7-3-1-2-4-8(7)10(9)11(13)14/h15,17-18,20-21H,2-14,16,19H2,1H3;1-6,12H,(H,13,14)/q+1;/p-1. The molecule has 4 nitrogen and oxygen atoms in total. The number of aromatic nitrogens is 1. The minimum Gasteiger partial charge on any atom is -0.872 e. The van der Waals surface area contributed by atoms with Crippen LogP contribution in [0.25, 0.3) is 10.8 Å². The molecule has 0 aliphatic carbocycles. The Kier molecular flexibility index (Phi) is 15.0. The van der Waals surface area contributed by atoms with E-state index in [0.717, 1.165) is 5.39 Å². The van der Waals surface area contributed by atoms with Crippen molar-refractivity contribution in [3.63, 3.8) is 0 Å². The van der Waals surface area contributed by atoms with Gasteiger partial charge in [-0.15, -0.1) is 0 Å². The average Bonchev–Trinajstić information content (AvgIpc) is 2.89. The monoisotopic (exact) mass is 491 g/mol. The van der Waals surface area contributed by atoms with E-state index in [1.165, 1.54) is 103 Å². The molecule has 0 bridgehead atoms. The molecule has 0 spiro atoms. The van der Waals surface area contributed by atoms with Crippen LogP contribution >= 0.6 is 0 Å². The molecule has 1 N–H and O–H groups in total. The van der Waals surface area contributed by atoms with Gasteiger partial charge in [0.1, 0.15) is 6.54 Å². The van der Waals surface area contributed by atoms with Crippen LogP contribution in [0.5, 0.6) is 5.75 Å². The number of benzene rings is 2. The molecule has 36 heavy (non-hydrogen) atoms. The summed E-state index contributed by atoms with van der Waals surface area (Å²) in [5.41, 5.74) is -0.150. The number of nitrogens with zero attached hydrogens (tertiary/aromatic N) is 1. The molecule has 0 fully saturated rings. The highest BCUT2D eigenvalue weighted by Crippen LogP contribution is 2.24. The molecule has 196 valence electrons. The van der Waals surface area contributed by atoms with Gasteiger partial charge in [-0.3, -0.25) is 0 Å². The maximum atomic E-state index is 11.3. The second-order valence-corrected chi connectivity index (χ2v) is 9.67. The Bertz CT molecular complexity index is 987. The molecule has 1 aromatic heterocycles. The predicted molar refractivity (Wildman–Crippen MR) is 147 cm³/mol. The fourth-order valence-electron chi connectivity index (χ4n) is 4.54. The molecule has 2 aromatic carbocycles. The van der Waals surface area contributed by atoms with Crippen molar-refractivity contribution < 1.29 is 19.6 Å². The first-order valence-electron chi connectivity index (χ1n) is 14.0. The van der Waals surface area contributed by atoms with Gasteiger partial charge < -0.3 is 10.2 Å². The van der Waals surface area contributed by atoms with Gasteiger partial charge in [0.25, 0.3) is 0 Å². The maximum Gasteiger partial charge on any atom is 0.335 e. The summed E-state index contributed by atoms with van der Waals surface area (Å²) in [6, 6.07) is 16.2. The lowest BCUT2D eigenvalue weighted by Crippen LogP contribution is -2.32. The Morgan fingerprint density at radius 2 is 1.22 bits per heavy atom. The Morgan fingerprint density at radius 3 is 1.78 bits per heavy atom. The minimum absolute atomic E-state index is 0.150. The summed E-state index contributed by atoms with van der Waals surface area (Å²) in [4.78, 5) is 10.8. The first-order valence-corrected chi connectivity index (χ1v) is 14.0. The molecule has 0 saturated carbocycles. The molecule has 3 rings (SSSR count). The van der Waals surface area contributed by atoms with Crippen molar-refractivity contribution in [2.75, 3.05) is 0 Å². The molecule has 0 saturated heterocycles. The van der Waals surface area contributed by atoms with Crippen LogP contribution < -0.4 is 9.67 Å². The Morgan fingerprint density at radius 1 is 0.694 bits per heavy atom. The number of rotatable bonds is 16. The van der Waals surface area contributed by atoms with Gasteiger partial charge in [0, 0.05) is 18.6 Å². The van der Waals surface area contributed by atoms with Crippen molar-refractivity contribution in [3.05, 3.63) is 72.6 Å². The van der Waals surface area contributed by atoms with Crippen LogP contribution in [0, 0.1) is 0 Å². The second kappa shape index (κ2) is 18.4. The van der Waals surface area contributed by atoms with Crippen molar-refractivity contribution in [3.8, 4) is 5.75 Å². The summed E-state index contributed by atoms with van der Waals surface area (Å²) in [5, 5.41) is 21.4. The van der Waals surface area contributed by atoms with E-state index in [0.29, 0.717) is 5.39 Å². The van der Waals surface area contributed by atoms with E-state index in [1.807, 2.05) is 0 Å². The Hall–Kier alpha value is -2.88. The summed E-state index contributed by atoms with van der Waals surface area (Å²) in [7, 11) is 0. The van der Waals surface area contributed by atoms with Gasteiger partial charge in [-0.1, -0.05) is 132 Å². The molecule has 0 amide bonds. The number of fused-ring (bicyclic) bond motifs is 1. The fourth-order valence-corrected chi connectivity index (χ4v) is 4.54. The van der Waals surface area contributed by atoms with Crippen molar-refractivity contribution in [1.29, 1.82) is 0 Å². The third-order valence-corrected chi connectivity index (χ3v) is 6.65. The molecule has 0 aliphatic heterocycles. The van der Waals surface area contributed by atoms with Gasteiger partial charge in [-0.2, -0.15) is 0 Å². The SMILES string of the molecule is CCCCCCCCCCCCCCCC[n+]1ccccc1.O=C(O)c1c([O-])ccc2ccccc12. The Balaban J connectivity index is 0.000000278.